The summed E-state index contributed by atoms with van der Waals surface area (Å²) in [6.45, 7) is 1.46. The van der Waals surface area contributed by atoms with Crippen LogP contribution < -0.4 is 0 Å². The second-order valence-corrected chi connectivity index (χ2v) is 5.07. The Kier molecular flexibility index (Phi) is 4.65. The zero-order valence-electron chi connectivity index (χ0n) is 11.8. The first-order valence-corrected chi connectivity index (χ1v) is 6.70. The molecule has 0 aliphatic heterocycles. The summed E-state index contributed by atoms with van der Waals surface area (Å²) in [6.07, 6.45) is -0.0976. The third-order valence-corrected chi connectivity index (χ3v) is 3.36. The number of rotatable bonds is 5. The van der Waals surface area contributed by atoms with Crippen molar-refractivity contribution in [1.82, 2.24) is 0 Å². The molecule has 22 heavy (non-hydrogen) atoms. The molecule has 0 bridgehead atoms. The summed E-state index contributed by atoms with van der Waals surface area (Å²) < 4.78 is 26.6. The predicted octanol–water partition coefficient (Wildman–Crippen LogP) is 3.93. The van der Waals surface area contributed by atoms with Gasteiger partial charge >= 0.3 is 5.97 Å². The van der Waals surface area contributed by atoms with Crippen molar-refractivity contribution in [3.63, 3.8) is 0 Å². The second kappa shape index (κ2) is 6.47. The van der Waals surface area contributed by atoms with E-state index in [4.69, 9.17) is 5.11 Å². The molecule has 0 radical (unpaired) electrons. The molecule has 0 saturated carbocycles. The van der Waals surface area contributed by atoms with Gasteiger partial charge in [-0.05, 0) is 17.7 Å². The summed E-state index contributed by atoms with van der Waals surface area (Å²) in [5.74, 6) is -3.42. The number of halogens is 2. The van der Waals surface area contributed by atoms with Crippen LogP contribution in [0.5, 0.6) is 0 Å². The minimum atomic E-state index is -1.03. The summed E-state index contributed by atoms with van der Waals surface area (Å²) in [7, 11) is 0. The molecular weight excluding hydrogens is 290 g/mol. The lowest BCUT2D eigenvalue weighted by Crippen LogP contribution is -2.14. The first-order chi connectivity index (χ1) is 10.4. The van der Waals surface area contributed by atoms with E-state index in [1.807, 2.05) is 0 Å². The molecule has 3 nitrogen and oxygen atoms in total. The van der Waals surface area contributed by atoms with E-state index in [1.165, 1.54) is 25.1 Å². The van der Waals surface area contributed by atoms with Crippen LogP contribution in [-0.2, 0) is 4.79 Å². The van der Waals surface area contributed by atoms with Crippen LogP contribution in [0.2, 0.25) is 0 Å². The molecule has 0 amide bonds. The van der Waals surface area contributed by atoms with Crippen LogP contribution in [-0.4, -0.2) is 16.9 Å². The van der Waals surface area contributed by atoms with Crippen LogP contribution in [0.15, 0.2) is 42.5 Å². The van der Waals surface area contributed by atoms with Crippen molar-refractivity contribution >= 4 is 11.8 Å². The predicted molar refractivity (Wildman–Crippen MR) is 77.5 cm³/mol. The van der Waals surface area contributed by atoms with Gasteiger partial charge in [0, 0.05) is 23.6 Å². The number of hydrogen-bond donors (Lipinski definition) is 1. The molecule has 0 aromatic heterocycles. The van der Waals surface area contributed by atoms with Gasteiger partial charge in [0.1, 0.15) is 11.6 Å². The van der Waals surface area contributed by atoms with Crippen LogP contribution in [0.3, 0.4) is 0 Å². The van der Waals surface area contributed by atoms with Crippen molar-refractivity contribution in [2.24, 2.45) is 5.92 Å². The summed E-state index contributed by atoms with van der Waals surface area (Å²) >= 11 is 0. The Labute approximate surface area is 126 Å². The highest BCUT2D eigenvalue weighted by molar-refractivity contribution is 5.98. The zero-order chi connectivity index (χ0) is 16.3. The number of carbonyl (C=O) groups is 2. The Morgan fingerprint density at radius 3 is 2.27 bits per heavy atom. The molecule has 0 fully saturated rings. The fourth-order valence-corrected chi connectivity index (χ4v) is 2.04. The van der Waals surface area contributed by atoms with Crippen LogP contribution in [0, 0.1) is 17.6 Å². The van der Waals surface area contributed by atoms with Crippen molar-refractivity contribution in [2.75, 3.05) is 0 Å². The van der Waals surface area contributed by atoms with Gasteiger partial charge in [-0.15, -0.1) is 0 Å². The lowest BCUT2D eigenvalue weighted by atomic mass is 9.97. The molecular formula is C17H14F2O3. The van der Waals surface area contributed by atoms with E-state index in [2.05, 4.69) is 0 Å². The van der Waals surface area contributed by atoms with Crippen molar-refractivity contribution in [2.45, 2.75) is 13.3 Å². The zero-order valence-corrected chi connectivity index (χ0v) is 11.8. The van der Waals surface area contributed by atoms with Crippen LogP contribution in [0.4, 0.5) is 8.78 Å². The lowest BCUT2D eigenvalue weighted by Gasteiger charge is -2.07. The SMILES string of the molecule is CC(CC(=O)c1ccc(-c2ccc(F)cc2F)cc1)C(=O)O. The molecule has 5 heteroatoms. The van der Waals surface area contributed by atoms with Gasteiger partial charge in [0.2, 0.25) is 0 Å². The maximum absolute atomic E-state index is 13.7. The van der Waals surface area contributed by atoms with Crippen LogP contribution >= 0.6 is 0 Å². The fourth-order valence-electron chi connectivity index (χ4n) is 2.04. The molecule has 2 rings (SSSR count). The average molecular weight is 304 g/mol. The highest BCUT2D eigenvalue weighted by atomic mass is 19.1. The van der Waals surface area contributed by atoms with Gasteiger partial charge in [0.25, 0.3) is 0 Å². The Morgan fingerprint density at radius 1 is 1.09 bits per heavy atom. The molecule has 0 aliphatic carbocycles. The highest BCUT2D eigenvalue weighted by Gasteiger charge is 2.17. The molecule has 0 spiro atoms. The van der Waals surface area contributed by atoms with Gasteiger partial charge in [-0.3, -0.25) is 9.59 Å². The van der Waals surface area contributed by atoms with Crippen LogP contribution in [0.1, 0.15) is 23.7 Å². The van der Waals surface area contributed by atoms with Crippen molar-refractivity contribution in [3.05, 3.63) is 59.7 Å². The highest BCUT2D eigenvalue weighted by Crippen LogP contribution is 2.24. The lowest BCUT2D eigenvalue weighted by molar-refractivity contribution is -0.141. The maximum Gasteiger partial charge on any atom is 0.306 e. The molecule has 0 aliphatic rings. The molecule has 1 N–H and O–H groups in total. The first-order valence-electron chi connectivity index (χ1n) is 6.70. The maximum atomic E-state index is 13.7. The number of Topliss-reactive ketones (excluding diaryl/α,β-unsaturated/α-hetero) is 1. The molecule has 2 aromatic carbocycles. The van der Waals surface area contributed by atoms with E-state index >= 15 is 0 Å². The van der Waals surface area contributed by atoms with E-state index in [-0.39, 0.29) is 17.8 Å². The van der Waals surface area contributed by atoms with E-state index in [9.17, 15) is 18.4 Å². The van der Waals surface area contributed by atoms with Gasteiger partial charge in [-0.25, -0.2) is 8.78 Å². The normalized spacial score (nSPS) is 12.0. The number of carboxylic acid groups (broad SMARTS) is 1. The number of hydrogen-bond acceptors (Lipinski definition) is 2. The number of ketones is 1. The molecule has 0 saturated heterocycles. The Hall–Kier alpha value is -2.56. The minimum absolute atomic E-state index is 0.0976. The number of carbonyl (C=O) groups excluding carboxylic acids is 1. The van der Waals surface area contributed by atoms with Gasteiger partial charge in [-0.2, -0.15) is 0 Å². The molecule has 0 heterocycles. The summed E-state index contributed by atoms with van der Waals surface area (Å²) in [4.78, 5) is 22.7. The van der Waals surface area contributed by atoms with E-state index < -0.39 is 23.5 Å². The van der Waals surface area contributed by atoms with Crippen LogP contribution in [0.25, 0.3) is 11.1 Å². The van der Waals surface area contributed by atoms with Crippen molar-refractivity contribution in [1.29, 1.82) is 0 Å². The summed E-state index contributed by atoms with van der Waals surface area (Å²) in [6, 6.07) is 9.40. The topological polar surface area (TPSA) is 54.4 Å². The van der Waals surface area contributed by atoms with E-state index in [0.717, 1.165) is 12.1 Å². The first kappa shape index (κ1) is 15.8. The third-order valence-electron chi connectivity index (χ3n) is 3.36. The number of carboxylic acids is 1. The van der Waals surface area contributed by atoms with Gasteiger partial charge in [0.05, 0.1) is 5.92 Å². The third kappa shape index (κ3) is 3.55. The summed E-state index contributed by atoms with van der Waals surface area (Å²) in [5.41, 5.74) is 1.11. The second-order valence-electron chi connectivity index (χ2n) is 5.07. The molecule has 1 atom stereocenters. The Morgan fingerprint density at radius 2 is 1.73 bits per heavy atom. The van der Waals surface area contributed by atoms with E-state index in [0.29, 0.717) is 11.1 Å². The minimum Gasteiger partial charge on any atom is -0.481 e. The quantitative estimate of drug-likeness (QED) is 0.852. The monoisotopic (exact) mass is 304 g/mol. The van der Waals surface area contributed by atoms with Gasteiger partial charge in [0.15, 0.2) is 5.78 Å². The number of aliphatic carboxylic acids is 1. The van der Waals surface area contributed by atoms with E-state index in [1.54, 1.807) is 12.1 Å². The standard InChI is InChI=1S/C17H14F2O3/c1-10(17(21)22)8-16(20)12-4-2-11(3-5-12)14-7-6-13(18)9-15(14)19/h2-7,9-10H,8H2,1H3,(H,21,22). The largest absolute Gasteiger partial charge is 0.481 e. The molecule has 2 aromatic rings. The van der Waals surface area contributed by atoms with Crippen molar-refractivity contribution in [3.8, 4) is 11.1 Å². The van der Waals surface area contributed by atoms with Gasteiger partial charge < -0.3 is 5.11 Å². The Balaban J connectivity index is 2.20. The Bertz CT molecular complexity index is 708. The average Bonchev–Trinajstić information content (AvgIpc) is 2.47. The van der Waals surface area contributed by atoms with Crippen molar-refractivity contribution < 1.29 is 23.5 Å². The molecule has 1 unspecified atom stereocenters. The molecule has 114 valence electrons. The summed E-state index contributed by atoms with van der Waals surface area (Å²) in [5, 5.41) is 8.80. The smallest absolute Gasteiger partial charge is 0.306 e. The number of benzene rings is 2. The fraction of sp³-hybridized carbons (Fsp3) is 0.176. The van der Waals surface area contributed by atoms with Gasteiger partial charge in [-0.1, -0.05) is 31.2 Å².